The van der Waals surface area contributed by atoms with E-state index in [0.29, 0.717) is 0 Å². The van der Waals surface area contributed by atoms with Crippen LogP contribution in [-0.4, -0.2) is 23.5 Å². The van der Waals surface area contributed by atoms with Crippen LogP contribution < -0.4 is 16.0 Å². The van der Waals surface area contributed by atoms with Gasteiger partial charge in [0.15, 0.2) is 0 Å². The second-order valence-corrected chi connectivity index (χ2v) is 10.2. The number of aryl methyl sites for hydroxylation is 1. The predicted molar refractivity (Wildman–Crippen MR) is 112 cm³/mol. The summed E-state index contributed by atoms with van der Waals surface area (Å²) in [6.07, 6.45) is 10.5. The van der Waals surface area contributed by atoms with Crippen LogP contribution in [0.4, 0.5) is 4.79 Å². The van der Waals surface area contributed by atoms with Gasteiger partial charge in [-0.25, -0.2) is 4.79 Å². The van der Waals surface area contributed by atoms with Gasteiger partial charge in [-0.15, -0.1) is 0 Å². The van der Waals surface area contributed by atoms with E-state index in [4.69, 9.17) is 0 Å². The number of rotatable bonds is 4. The van der Waals surface area contributed by atoms with Gasteiger partial charge in [0.05, 0.1) is 6.04 Å². The average Bonchev–Trinajstić information content (AvgIpc) is 2.66. The van der Waals surface area contributed by atoms with Gasteiger partial charge in [0, 0.05) is 11.6 Å². The van der Waals surface area contributed by atoms with Crippen LogP contribution in [0.5, 0.6) is 0 Å². The fraction of sp³-hybridized carbons (Fsp3) is 0.667. The monoisotopic (exact) mass is 395 g/mol. The number of benzene rings is 1. The van der Waals surface area contributed by atoms with Gasteiger partial charge in [-0.05, 0) is 93.6 Å². The molecule has 4 saturated carbocycles. The Hall–Kier alpha value is -1.88. The topological polar surface area (TPSA) is 70.2 Å². The Labute approximate surface area is 173 Å². The minimum atomic E-state index is -0.409. The highest BCUT2D eigenvalue weighted by molar-refractivity contribution is 5.97. The number of fused-ring (bicyclic) bond motifs is 1. The van der Waals surface area contributed by atoms with E-state index >= 15 is 0 Å². The molecule has 5 aliphatic carbocycles. The molecule has 0 aliphatic heterocycles. The summed E-state index contributed by atoms with van der Waals surface area (Å²) in [7, 11) is 0. The number of urea groups is 1. The van der Waals surface area contributed by atoms with E-state index in [1.54, 1.807) is 0 Å². The van der Waals surface area contributed by atoms with Crippen LogP contribution in [0.15, 0.2) is 24.3 Å². The Morgan fingerprint density at radius 3 is 2.38 bits per heavy atom. The molecule has 3 amide bonds. The maximum absolute atomic E-state index is 12.7. The number of amides is 3. The lowest BCUT2D eigenvalue weighted by atomic mass is 9.53. The molecule has 1 aromatic carbocycles. The minimum absolute atomic E-state index is 0.0713. The Kier molecular flexibility index (Phi) is 4.89. The van der Waals surface area contributed by atoms with Crippen LogP contribution in [0.3, 0.4) is 0 Å². The molecular formula is C24H33N3O2. The van der Waals surface area contributed by atoms with Crippen molar-refractivity contribution in [2.24, 2.45) is 17.8 Å². The van der Waals surface area contributed by atoms with Gasteiger partial charge >= 0.3 is 6.03 Å². The number of hydrogen-bond donors (Lipinski definition) is 3. The molecule has 3 N–H and O–H groups in total. The van der Waals surface area contributed by atoms with Crippen molar-refractivity contribution in [1.82, 2.24) is 16.0 Å². The molecule has 6 rings (SSSR count). The third-order valence-corrected chi connectivity index (χ3v) is 7.87. The van der Waals surface area contributed by atoms with Crippen LogP contribution >= 0.6 is 0 Å². The van der Waals surface area contributed by atoms with Crippen LogP contribution in [-0.2, 0) is 11.2 Å². The fourth-order valence-corrected chi connectivity index (χ4v) is 7.06. The third kappa shape index (κ3) is 3.81. The van der Waals surface area contributed by atoms with Gasteiger partial charge < -0.3 is 5.32 Å². The highest BCUT2D eigenvalue weighted by Crippen LogP contribution is 2.55. The zero-order chi connectivity index (χ0) is 20.0. The first-order valence-electron chi connectivity index (χ1n) is 11.5. The first kappa shape index (κ1) is 19.1. The van der Waals surface area contributed by atoms with Gasteiger partial charge in [-0.1, -0.05) is 24.3 Å². The summed E-state index contributed by atoms with van der Waals surface area (Å²) < 4.78 is 0. The van der Waals surface area contributed by atoms with E-state index in [9.17, 15) is 9.59 Å². The van der Waals surface area contributed by atoms with E-state index in [0.717, 1.165) is 56.3 Å². The van der Waals surface area contributed by atoms with Crippen LogP contribution in [0.1, 0.15) is 75.5 Å². The summed E-state index contributed by atoms with van der Waals surface area (Å²) in [5.41, 5.74) is 2.58. The average molecular weight is 396 g/mol. The first-order valence-corrected chi connectivity index (χ1v) is 11.5. The Morgan fingerprint density at radius 1 is 1.03 bits per heavy atom. The number of nitrogens with one attached hydrogen (secondary N) is 3. The summed E-state index contributed by atoms with van der Waals surface area (Å²) in [6.45, 7) is 1.85. The maximum Gasteiger partial charge on any atom is 0.321 e. The third-order valence-electron chi connectivity index (χ3n) is 7.87. The largest absolute Gasteiger partial charge is 0.332 e. The molecule has 4 bridgehead atoms. The van der Waals surface area contributed by atoms with Crippen molar-refractivity contribution in [1.29, 1.82) is 0 Å². The molecule has 0 saturated heterocycles. The summed E-state index contributed by atoms with van der Waals surface area (Å²) >= 11 is 0. The molecule has 0 aromatic heterocycles. The van der Waals surface area contributed by atoms with Crippen molar-refractivity contribution in [2.45, 2.75) is 82.3 Å². The smallest absolute Gasteiger partial charge is 0.321 e. The molecular weight excluding hydrogens is 362 g/mol. The fourth-order valence-electron chi connectivity index (χ4n) is 7.06. The molecule has 29 heavy (non-hydrogen) atoms. The SMILES string of the molecule is C[C@H](N[C@@H]1CCCc2ccccc21)C(=O)NC(=O)NC12CC3CC(CC(C3)C1)C2. The molecule has 5 nitrogen and oxygen atoms in total. The van der Waals surface area contributed by atoms with Gasteiger partial charge in [0.1, 0.15) is 0 Å². The molecule has 5 aliphatic rings. The van der Waals surface area contributed by atoms with Crippen molar-refractivity contribution in [3.05, 3.63) is 35.4 Å². The van der Waals surface area contributed by atoms with Gasteiger partial charge in [0.2, 0.25) is 5.91 Å². The van der Waals surface area contributed by atoms with E-state index in [-0.39, 0.29) is 23.5 Å². The van der Waals surface area contributed by atoms with Crippen molar-refractivity contribution in [3.8, 4) is 0 Å². The number of carbonyl (C=O) groups excluding carboxylic acids is 2. The maximum atomic E-state index is 12.7. The standard InChI is InChI=1S/C24H33N3O2/c1-15(25-21-8-4-6-19-5-2-3-7-20(19)21)22(28)26-23(29)27-24-12-16-9-17(13-24)11-18(10-16)14-24/h2-3,5,7,15-18,21,25H,4,6,8-14H2,1H3,(H2,26,27,28,29)/t15-,16?,17?,18?,21+,24?/m0/s1. The molecule has 0 spiro atoms. The number of imide groups is 1. The van der Waals surface area contributed by atoms with Gasteiger partial charge in [-0.2, -0.15) is 0 Å². The summed E-state index contributed by atoms with van der Waals surface area (Å²) in [4.78, 5) is 25.4. The lowest BCUT2D eigenvalue weighted by Gasteiger charge is -2.56. The quantitative estimate of drug-likeness (QED) is 0.725. The van der Waals surface area contributed by atoms with E-state index in [2.05, 4.69) is 40.2 Å². The van der Waals surface area contributed by atoms with Crippen molar-refractivity contribution in [2.75, 3.05) is 0 Å². The van der Waals surface area contributed by atoms with Crippen molar-refractivity contribution in [3.63, 3.8) is 0 Å². The molecule has 156 valence electrons. The molecule has 5 heteroatoms. The zero-order valence-electron chi connectivity index (χ0n) is 17.4. The highest BCUT2D eigenvalue weighted by atomic mass is 16.2. The van der Waals surface area contributed by atoms with Gasteiger partial charge in [0.25, 0.3) is 0 Å². The van der Waals surface area contributed by atoms with E-state index in [1.807, 2.05) is 6.92 Å². The molecule has 4 fully saturated rings. The van der Waals surface area contributed by atoms with Gasteiger partial charge in [-0.3, -0.25) is 15.4 Å². The first-order chi connectivity index (χ1) is 14.0. The number of hydrogen-bond acceptors (Lipinski definition) is 3. The molecule has 0 unspecified atom stereocenters. The summed E-state index contributed by atoms with van der Waals surface area (Å²) in [5.74, 6) is 2.06. The highest BCUT2D eigenvalue weighted by Gasteiger charge is 2.51. The van der Waals surface area contributed by atoms with Crippen LogP contribution in [0, 0.1) is 17.8 Å². The second kappa shape index (κ2) is 7.42. The predicted octanol–water partition coefficient (Wildman–Crippen LogP) is 3.84. The normalized spacial score (nSPS) is 35.6. The molecule has 0 heterocycles. The lowest BCUT2D eigenvalue weighted by molar-refractivity contribution is -0.122. The Morgan fingerprint density at radius 2 is 1.69 bits per heavy atom. The van der Waals surface area contributed by atoms with Crippen LogP contribution in [0.25, 0.3) is 0 Å². The minimum Gasteiger partial charge on any atom is -0.332 e. The van der Waals surface area contributed by atoms with Crippen molar-refractivity contribution < 1.29 is 9.59 Å². The second-order valence-electron chi connectivity index (χ2n) is 10.2. The number of carbonyl (C=O) groups is 2. The van der Waals surface area contributed by atoms with E-state index < -0.39 is 6.04 Å². The van der Waals surface area contributed by atoms with E-state index in [1.165, 1.54) is 30.4 Å². The molecule has 2 atom stereocenters. The van der Waals surface area contributed by atoms with Crippen LogP contribution in [0.2, 0.25) is 0 Å². The van der Waals surface area contributed by atoms with Crippen molar-refractivity contribution >= 4 is 11.9 Å². The molecule has 1 aromatic rings. The Balaban J connectivity index is 1.17. The summed E-state index contributed by atoms with van der Waals surface area (Å²) in [6, 6.07) is 7.91. The molecule has 0 radical (unpaired) electrons. The lowest BCUT2D eigenvalue weighted by Crippen LogP contribution is -2.62. The zero-order valence-corrected chi connectivity index (χ0v) is 17.4. The summed E-state index contributed by atoms with van der Waals surface area (Å²) in [5, 5.41) is 9.30. The Bertz CT molecular complexity index is 770.